The summed E-state index contributed by atoms with van der Waals surface area (Å²) >= 11 is 0. The number of hydrogen-bond acceptors (Lipinski definition) is 2. The van der Waals surface area contributed by atoms with E-state index in [2.05, 4.69) is 39.9 Å². The van der Waals surface area contributed by atoms with Crippen molar-refractivity contribution in [3.63, 3.8) is 0 Å². The maximum atomic E-state index is 5.61. The quantitative estimate of drug-likeness (QED) is 0.640. The molecule has 0 rings (SSSR count). The van der Waals surface area contributed by atoms with Gasteiger partial charge < -0.3 is 10.1 Å². The fourth-order valence-electron chi connectivity index (χ4n) is 1.28. The molecule has 2 nitrogen and oxygen atoms in total. The highest BCUT2D eigenvalue weighted by Gasteiger charge is 2.23. The standard InChI is InChI=1S/C12H27NO/c1-6-8-13-11(12(3,4)5)10-14-9-7-2/h11,13H,6-10H2,1-5H3. The molecule has 1 N–H and O–H groups in total. The van der Waals surface area contributed by atoms with Gasteiger partial charge in [0.1, 0.15) is 0 Å². The van der Waals surface area contributed by atoms with E-state index in [1.165, 1.54) is 6.42 Å². The molecule has 0 fully saturated rings. The van der Waals surface area contributed by atoms with Gasteiger partial charge in [-0.3, -0.25) is 0 Å². The van der Waals surface area contributed by atoms with Gasteiger partial charge in [-0.1, -0.05) is 34.6 Å². The third kappa shape index (κ3) is 6.39. The van der Waals surface area contributed by atoms with Gasteiger partial charge in [0.05, 0.1) is 6.61 Å². The molecule has 0 aromatic rings. The first-order valence-electron chi connectivity index (χ1n) is 5.83. The third-order valence-electron chi connectivity index (χ3n) is 2.32. The predicted octanol–water partition coefficient (Wildman–Crippen LogP) is 2.83. The van der Waals surface area contributed by atoms with E-state index in [4.69, 9.17) is 4.74 Å². The Morgan fingerprint density at radius 3 is 2.21 bits per heavy atom. The highest BCUT2D eigenvalue weighted by Crippen LogP contribution is 2.19. The van der Waals surface area contributed by atoms with Crippen molar-refractivity contribution in [1.82, 2.24) is 5.32 Å². The summed E-state index contributed by atoms with van der Waals surface area (Å²) in [6.07, 6.45) is 2.28. The second kappa shape index (κ2) is 7.24. The molecular formula is C12H27NO. The number of ether oxygens (including phenoxy) is 1. The summed E-state index contributed by atoms with van der Waals surface area (Å²) < 4.78 is 5.61. The molecule has 0 aliphatic rings. The largest absolute Gasteiger partial charge is 0.380 e. The van der Waals surface area contributed by atoms with Gasteiger partial charge in [-0.2, -0.15) is 0 Å². The minimum atomic E-state index is 0.281. The summed E-state index contributed by atoms with van der Waals surface area (Å²) in [4.78, 5) is 0. The fourth-order valence-corrected chi connectivity index (χ4v) is 1.28. The number of hydrogen-bond donors (Lipinski definition) is 1. The molecule has 0 heterocycles. The van der Waals surface area contributed by atoms with Crippen LogP contribution in [0.3, 0.4) is 0 Å². The van der Waals surface area contributed by atoms with Crippen molar-refractivity contribution in [3.05, 3.63) is 0 Å². The van der Waals surface area contributed by atoms with Gasteiger partial charge in [0.15, 0.2) is 0 Å². The molecule has 0 bridgehead atoms. The summed E-state index contributed by atoms with van der Waals surface area (Å²) in [5, 5.41) is 3.54. The number of rotatable bonds is 7. The Morgan fingerprint density at radius 2 is 1.79 bits per heavy atom. The Kier molecular flexibility index (Phi) is 7.20. The normalized spacial score (nSPS) is 14.4. The molecule has 2 heteroatoms. The van der Waals surface area contributed by atoms with E-state index in [0.717, 1.165) is 26.2 Å². The third-order valence-corrected chi connectivity index (χ3v) is 2.32. The van der Waals surface area contributed by atoms with E-state index >= 15 is 0 Å². The van der Waals surface area contributed by atoms with Gasteiger partial charge >= 0.3 is 0 Å². The van der Waals surface area contributed by atoms with Crippen LogP contribution < -0.4 is 5.32 Å². The predicted molar refractivity (Wildman–Crippen MR) is 62.6 cm³/mol. The Morgan fingerprint density at radius 1 is 1.14 bits per heavy atom. The molecule has 0 radical (unpaired) electrons. The maximum absolute atomic E-state index is 5.61. The Labute approximate surface area is 89.4 Å². The zero-order chi connectivity index (χ0) is 11.0. The summed E-state index contributed by atoms with van der Waals surface area (Å²) in [6.45, 7) is 13.9. The van der Waals surface area contributed by atoms with Crippen LogP contribution in [-0.2, 0) is 4.74 Å². The first-order chi connectivity index (χ1) is 6.52. The topological polar surface area (TPSA) is 21.3 Å². The second-order valence-corrected chi connectivity index (χ2v) is 4.95. The zero-order valence-electron chi connectivity index (χ0n) is 10.5. The lowest BCUT2D eigenvalue weighted by Crippen LogP contribution is -2.44. The molecule has 0 aromatic heterocycles. The van der Waals surface area contributed by atoms with Crippen LogP contribution in [0.25, 0.3) is 0 Å². The van der Waals surface area contributed by atoms with Crippen LogP contribution in [0.4, 0.5) is 0 Å². The van der Waals surface area contributed by atoms with Gasteiger partial charge in [0.2, 0.25) is 0 Å². The molecule has 0 spiro atoms. The van der Waals surface area contributed by atoms with Crippen LogP contribution in [-0.4, -0.2) is 25.8 Å². The highest BCUT2D eigenvalue weighted by molar-refractivity contribution is 4.79. The lowest BCUT2D eigenvalue weighted by atomic mass is 9.87. The second-order valence-electron chi connectivity index (χ2n) is 4.95. The number of nitrogens with one attached hydrogen (secondary N) is 1. The Balaban J connectivity index is 3.85. The smallest absolute Gasteiger partial charge is 0.0624 e. The lowest BCUT2D eigenvalue weighted by Gasteiger charge is -2.31. The molecule has 0 aliphatic heterocycles. The molecule has 1 atom stereocenters. The van der Waals surface area contributed by atoms with Crippen LogP contribution in [0.5, 0.6) is 0 Å². The minimum absolute atomic E-state index is 0.281. The minimum Gasteiger partial charge on any atom is -0.380 e. The van der Waals surface area contributed by atoms with E-state index in [0.29, 0.717) is 6.04 Å². The molecule has 0 aliphatic carbocycles. The summed E-state index contributed by atoms with van der Waals surface area (Å²) in [7, 11) is 0. The van der Waals surface area contributed by atoms with Crippen LogP contribution in [0.1, 0.15) is 47.5 Å². The van der Waals surface area contributed by atoms with Crippen LogP contribution in [0.2, 0.25) is 0 Å². The van der Waals surface area contributed by atoms with E-state index in [1.807, 2.05) is 0 Å². The van der Waals surface area contributed by atoms with Gasteiger partial charge in [-0.05, 0) is 24.8 Å². The molecule has 86 valence electrons. The van der Waals surface area contributed by atoms with Crippen LogP contribution in [0.15, 0.2) is 0 Å². The SMILES string of the molecule is CCCNC(COCCC)C(C)(C)C. The first-order valence-corrected chi connectivity index (χ1v) is 5.83. The summed E-state index contributed by atoms with van der Waals surface area (Å²) in [5.74, 6) is 0. The monoisotopic (exact) mass is 201 g/mol. The van der Waals surface area contributed by atoms with E-state index in [-0.39, 0.29) is 5.41 Å². The van der Waals surface area contributed by atoms with E-state index in [9.17, 15) is 0 Å². The van der Waals surface area contributed by atoms with Gasteiger partial charge in [-0.25, -0.2) is 0 Å². The van der Waals surface area contributed by atoms with Gasteiger partial charge in [0.25, 0.3) is 0 Å². The van der Waals surface area contributed by atoms with Crippen LogP contribution in [0, 0.1) is 5.41 Å². The van der Waals surface area contributed by atoms with Gasteiger partial charge in [0, 0.05) is 12.6 Å². The summed E-state index contributed by atoms with van der Waals surface area (Å²) in [5.41, 5.74) is 0.281. The Hall–Kier alpha value is -0.0800. The summed E-state index contributed by atoms with van der Waals surface area (Å²) in [6, 6.07) is 0.467. The van der Waals surface area contributed by atoms with E-state index < -0.39 is 0 Å². The zero-order valence-corrected chi connectivity index (χ0v) is 10.5. The van der Waals surface area contributed by atoms with Crippen molar-refractivity contribution >= 4 is 0 Å². The molecule has 0 saturated carbocycles. The average Bonchev–Trinajstić information content (AvgIpc) is 2.09. The first kappa shape index (κ1) is 13.9. The van der Waals surface area contributed by atoms with Crippen molar-refractivity contribution in [1.29, 1.82) is 0 Å². The molecule has 0 aromatic carbocycles. The molecule has 0 saturated heterocycles. The Bertz CT molecular complexity index is 129. The fraction of sp³-hybridized carbons (Fsp3) is 1.00. The van der Waals surface area contributed by atoms with Crippen molar-refractivity contribution in [2.45, 2.75) is 53.5 Å². The maximum Gasteiger partial charge on any atom is 0.0624 e. The van der Waals surface area contributed by atoms with Crippen molar-refractivity contribution < 1.29 is 4.74 Å². The van der Waals surface area contributed by atoms with Crippen LogP contribution >= 0.6 is 0 Å². The van der Waals surface area contributed by atoms with Crippen molar-refractivity contribution in [2.24, 2.45) is 5.41 Å². The van der Waals surface area contributed by atoms with Gasteiger partial charge in [-0.15, -0.1) is 0 Å². The highest BCUT2D eigenvalue weighted by atomic mass is 16.5. The molecule has 14 heavy (non-hydrogen) atoms. The van der Waals surface area contributed by atoms with Crippen molar-refractivity contribution in [2.75, 3.05) is 19.8 Å². The average molecular weight is 201 g/mol. The molecule has 1 unspecified atom stereocenters. The van der Waals surface area contributed by atoms with Crippen molar-refractivity contribution in [3.8, 4) is 0 Å². The van der Waals surface area contributed by atoms with E-state index in [1.54, 1.807) is 0 Å². The lowest BCUT2D eigenvalue weighted by molar-refractivity contribution is 0.0759. The molecule has 0 amide bonds. The molecular weight excluding hydrogens is 174 g/mol.